The Hall–Kier alpha value is -7.02. The van der Waals surface area contributed by atoms with Gasteiger partial charge in [0.2, 0.25) is 5.91 Å². The van der Waals surface area contributed by atoms with Crippen molar-refractivity contribution >= 4 is 68.7 Å². The lowest BCUT2D eigenvalue weighted by Crippen LogP contribution is -2.43. The number of nitrogens with zero attached hydrogens (tertiary/aromatic N) is 8. The SMILES string of the molecule is O=C(COCc1ccccc1)N1CCCC(CNc2nc(-c3c[nH]c4ncc(Cl)cc34)ncc2F)C1.O=C(c1ccco1)N1CCCC(CNc2nc(-c3c[nH]c4ncc(Cl)cc34)ncc2F)C1. The number of ether oxygens (including phenoxy) is 1. The van der Waals surface area contributed by atoms with E-state index in [0.717, 1.165) is 54.4 Å². The first kappa shape index (κ1) is 46.1. The van der Waals surface area contributed by atoms with Crippen molar-refractivity contribution in [3.05, 3.63) is 131 Å². The molecule has 2 unspecified atom stereocenters. The summed E-state index contributed by atoms with van der Waals surface area (Å²) in [6.45, 7) is 3.96. The van der Waals surface area contributed by atoms with Crippen molar-refractivity contribution in [1.29, 1.82) is 0 Å². The number of H-pyrrole nitrogens is 2. The molecule has 7 aromatic heterocycles. The number of anilines is 2. The molecule has 2 atom stereocenters. The van der Waals surface area contributed by atoms with E-state index in [-0.39, 0.29) is 41.9 Å². The van der Waals surface area contributed by atoms with E-state index in [1.807, 2.05) is 35.2 Å². The zero-order valence-electron chi connectivity index (χ0n) is 36.6. The van der Waals surface area contributed by atoms with Crippen LogP contribution in [0.15, 0.2) is 102 Å². The Morgan fingerprint density at radius 3 is 1.85 bits per heavy atom. The van der Waals surface area contributed by atoms with Crippen LogP contribution in [0.2, 0.25) is 10.0 Å². The Labute approximate surface area is 398 Å². The van der Waals surface area contributed by atoms with Gasteiger partial charge in [0.1, 0.15) is 17.9 Å². The fourth-order valence-electron chi connectivity index (χ4n) is 8.40. The number of piperidine rings is 2. The Bertz CT molecular complexity index is 3010. The van der Waals surface area contributed by atoms with Gasteiger partial charge in [-0.2, -0.15) is 0 Å². The second-order valence-corrected chi connectivity index (χ2v) is 17.5. The number of halogens is 4. The third-order valence-electron chi connectivity index (χ3n) is 11.8. The average Bonchev–Trinajstić information content (AvgIpc) is 4.15. The summed E-state index contributed by atoms with van der Waals surface area (Å²) in [4.78, 5) is 60.5. The zero-order chi connectivity index (χ0) is 47.0. The van der Waals surface area contributed by atoms with Crippen LogP contribution in [0.1, 0.15) is 41.8 Å². The fraction of sp³-hybridized carbons (Fsp3) is 0.292. The molecule has 350 valence electrons. The van der Waals surface area contributed by atoms with Gasteiger partial charge < -0.3 is 39.6 Å². The Kier molecular flexibility index (Phi) is 14.4. The summed E-state index contributed by atoms with van der Waals surface area (Å²) in [7, 11) is 0. The van der Waals surface area contributed by atoms with E-state index >= 15 is 0 Å². The Morgan fingerprint density at radius 2 is 1.29 bits per heavy atom. The summed E-state index contributed by atoms with van der Waals surface area (Å²) < 4.78 is 39.8. The van der Waals surface area contributed by atoms with Crippen LogP contribution in [0.25, 0.3) is 44.8 Å². The molecule has 1 aromatic carbocycles. The summed E-state index contributed by atoms with van der Waals surface area (Å²) in [6, 6.07) is 16.7. The molecule has 0 radical (unpaired) electrons. The van der Waals surface area contributed by atoms with Gasteiger partial charge in [-0.1, -0.05) is 53.5 Å². The van der Waals surface area contributed by atoms with E-state index in [9.17, 15) is 18.4 Å². The smallest absolute Gasteiger partial charge is 0.289 e. The predicted molar refractivity (Wildman–Crippen MR) is 254 cm³/mol. The zero-order valence-corrected chi connectivity index (χ0v) is 38.1. The van der Waals surface area contributed by atoms with Gasteiger partial charge in [-0.05, 0) is 67.3 Å². The number of rotatable bonds is 13. The molecule has 0 bridgehead atoms. The number of hydrogen-bond acceptors (Lipinski definition) is 12. The van der Waals surface area contributed by atoms with Crippen LogP contribution in [0.5, 0.6) is 0 Å². The van der Waals surface area contributed by atoms with Crippen LogP contribution in [0.4, 0.5) is 20.4 Å². The highest BCUT2D eigenvalue weighted by Gasteiger charge is 2.27. The van der Waals surface area contributed by atoms with Crippen LogP contribution in [0.3, 0.4) is 0 Å². The summed E-state index contributed by atoms with van der Waals surface area (Å²) in [5.41, 5.74) is 3.70. The van der Waals surface area contributed by atoms with Gasteiger partial charge in [-0.25, -0.2) is 38.7 Å². The number of carbonyl (C=O) groups is 2. The van der Waals surface area contributed by atoms with Gasteiger partial charge in [0.25, 0.3) is 5.91 Å². The Balaban J connectivity index is 0.000000171. The molecule has 2 aliphatic heterocycles. The minimum Gasteiger partial charge on any atom is -0.459 e. The summed E-state index contributed by atoms with van der Waals surface area (Å²) in [5.74, 6) is 0.415. The van der Waals surface area contributed by atoms with Crippen molar-refractivity contribution in [2.75, 3.05) is 56.5 Å². The standard InChI is InChI=1S/C26H26ClFN6O2.C22H20ClFN6O2/c27-19-9-20-21(12-31-24(20)30-11-19)25-32-13-22(28)26(33-25)29-10-18-7-4-8-34(14-18)23(35)16-36-15-17-5-2-1-3-6-17;23-14-7-15-16(10-27-19(15)26-9-14)20-28-11-17(24)21(29-20)25-8-13-3-1-5-30(12-13)22(31)18-4-2-6-32-18/h1-3,5-6,9,11-13,18H,4,7-8,10,14-16H2,(H,30,31)(H,29,32,33);2,4,6-7,9-11,13H,1,3,5,8,12H2,(H,26,27)(H,25,28,29). The number of benzene rings is 1. The van der Waals surface area contributed by atoms with Gasteiger partial charge in [-0.3, -0.25) is 9.59 Å². The van der Waals surface area contributed by atoms with Crippen LogP contribution in [-0.2, 0) is 16.1 Å². The lowest BCUT2D eigenvalue weighted by Gasteiger charge is -2.33. The van der Waals surface area contributed by atoms with Crippen LogP contribution in [-0.4, -0.2) is 107 Å². The average molecular weight is 964 g/mol. The fourth-order valence-corrected chi connectivity index (χ4v) is 8.72. The molecular weight excluding hydrogens is 918 g/mol. The molecule has 0 spiro atoms. The van der Waals surface area contributed by atoms with Gasteiger partial charge in [0.05, 0.1) is 35.3 Å². The number of likely N-dealkylation sites (tertiary alicyclic amines) is 2. The molecule has 9 heterocycles. The molecule has 4 N–H and O–H groups in total. The lowest BCUT2D eigenvalue weighted by atomic mass is 9.97. The second kappa shape index (κ2) is 21.3. The maximum atomic E-state index is 14.5. The van der Waals surface area contributed by atoms with E-state index < -0.39 is 11.6 Å². The molecule has 20 heteroatoms. The molecule has 2 aliphatic rings. The number of amides is 2. The molecule has 10 rings (SSSR count). The normalized spacial score (nSPS) is 16.1. The number of nitrogens with one attached hydrogen (secondary N) is 4. The molecule has 0 aliphatic carbocycles. The molecule has 2 amide bonds. The van der Waals surface area contributed by atoms with Crippen molar-refractivity contribution in [3.63, 3.8) is 0 Å². The molecule has 8 aromatic rings. The third-order valence-corrected chi connectivity index (χ3v) is 12.2. The van der Waals surface area contributed by atoms with E-state index in [2.05, 4.69) is 50.5 Å². The molecule has 2 saturated heterocycles. The highest BCUT2D eigenvalue weighted by atomic mass is 35.5. The Morgan fingerprint density at radius 1 is 0.735 bits per heavy atom. The number of fused-ring (bicyclic) bond motifs is 2. The number of pyridine rings is 2. The number of hydrogen-bond donors (Lipinski definition) is 4. The monoisotopic (exact) mass is 962 g/mol. The molecule has 68 heavy (non-hydrogen) atoms. The first-order valence-electron chi connectivity index (χ1n) is 22.2. The largest absolute Gasteiger partial charge is 0.459 e. The minimum absolute atomic E-state index is 0.0299. The highest BCUT2D eigenvalue weighted by Crippen LogP contribution is 2.30. The number of furan rings is 1. The van der Waals surface area contributed by atoms with Crippen molar-refractivity contribution in [2.45, 2.75) is 32.3 Å². The van der Waals surface area contributed by atoms with Gasteiger partial charge >= 0.3 is 0 Å². The first-order valence-corrected chi connectivity index (χ1v) is 22.9. The number of aromatic nitrogens is 8. The van der Waals surface area contributed by atoms with Crippen molar-refractivity contribution < 1.29 is 27.5 Å². The van der Waals surface area contributed by atoms with E-state index in [0.29, 0.717) is 95.8 Å². The van der Waals surface area contributed by atoms with Crippen LogP contribution < -0.4 is 10.6 Å². The molecule has 2 fully saturated rings. The second-order valence-electron chi connectivity index (χ2n) is 16.6. The van der Waals surface area contributed by atoms with Crippen molar-refractivity contribution in [1.82, 2.24) is 49.7 Å². The minimum atomic E-state index is -0.538. The van der Waals surface area contributed by atoms with E-state index in [1.165, 1.54) is 6.26 Å². The number of aromatic amines is 2. The van der Waals surface area contributed by atoms with Crippen LogP contribution >= 0.6 is 23.2 Å². The summed E-state index contributed by atoms with van der Waals surface area (Å²) in [5, 5.41) is 8.72. The van der Waals surface area contributed by atoms with Gasteiger partial charge in [-0.15, -0.1) is 0 Å². The topological polar surface area (TPSA) is 196 Å². The van der Waals surface area contributed by atoms with E-state index in [4.69, 9.17) is 32.4 Å². The van der Waals surface area contributed by atoms with Crippen molar-refractivity contribution in [3.8, 4) is 22.8 Å². The van der Waals surface area contributed by atoms with Gasteiger partial charge in [0.15, 0.2) is 40.7 Å². The van der Waals surface area contributed by atoms with E-state index in [1.54, 1.807) is 54.0 Å². The quantitative estimate of drug-likeness (QED) is 0.0857. The predicted octanol–water partition coefficient (Wildman–Crippen LogP) is 9.05. The maximum absolute atomic E-state index is 14.5. The molecule has 16 nitrogen and oxygen atoms in total. The third kappa shape index (κ3) is 11.0. The summed E-state index contributed by atoms with van der Waals surface area (Å²) >= 11 is 12.2. The number of carbonyl (C=O) groups excluding carboxylic acids is 2. The molecule has 0 saturated carbocycles. The van der Waals surface area contributed by atoms with Crippen molar-refractivity contribution in [2.24, 2.45) is 11.8 Å². The lowest BCUT2D eigenvalue weighted by molar-refractivity contribution is -0.138. The first-order chi connectivity index (χ1) is 33.1. The van der Waals surface area contributed by atoms with Crippen LogP contribution in [0, 0.1) is 23.5 Å². The highest BCUT2D eigenvalue weighted by molar-refractivity contribution is 6.31. The summed E-state index contributed by atoms with van der Waals surface area (Å²) in [6.07, 6.45) is 14.0. The maximum Gasteiger partial charge on any atom is 0.289 e. The van der Waals surface area contributed by atoms with Gasteiger partial charge in [0, 0.05) is 86.0 Å². The molecular formula is C48H46Cl2F2N12O4.